The van der Waals surface area contributed by atoms with E-state index in [0.29, 0.717) is 5.56 Å². The minimum absolute atomic E-state index is 0. The summed E-state index contributed by atoms with van der Waals surface area (Å²) in [5, 5.41) is 2.32. The predicted octanol–water partition coefficient (Wildman–Crippen LogP) is -0.119. The Bertz CT molecular complexity index is 1110. The Labute approximate surface area is 229 Å². The number of amides is 1. The molecule has 1 aliphatic rings. The van der Waals surface area contributed by atoms with Crippen molar-refractivity contribution >= 4 is 39.5 Å². The first-order valence-electron chi connectivity index (χ1n) is 10.8. The third kappa shape index (κ3) is 10.7. The fraction of sp³-hybridized carbons (Fsp3) is 0.500. The molecule has 0 aromatic heterocycles. The van der Waals surface area contributed by atoms with Gasteiger partial charge in [0.1, 0.15) is 22.2 Å². The molecule has 1 radical (unpaired) electrons. The van der Waals surface area contributed by atoms with Crippen molar-refractivity contribution < 1.29 is 72.8 Å². The molecular formula is C22H29CoN2O12S-. The number of anilines is 1. The van der Waals surface area contributed by atoms with Crippen molar-refractivity contribution in [1.29, 1.82) is 0 Å². The SMILES string of the molecule is COC(=O)C1O[C@@H](Oc2ccc(COC(=O)NCCS(C)(=O)=O)cc2N)C(OC(C)=O)[CH-][C@@H]1OC(C)=O.[Co]. The van der Waals surface area contributed by atoms with E-state index in [2.05, 4.69) is 5.32 Å². The van der Waals surface area contributed by atoms with Crippen LogP contribution in [0.15, 0.2) is 18.2 Å². The summed E-state index contributed by atoms with van der Waals surface area (Å²) in [6, 6.07) is 4.42. The van der Waals surface area contributed by atoms with Gasteiger partial charge in [0.2, 0.25) is 6.29 Å². The van der Waals surface area contributed by atoms with Crippen LogP contribution in [0.2, 0.25) is 0 Å². The Morgan fingerprint density at radius 3 is 2.29 bits per heavy atom. The number of hydrogen-bond donors (Lipinski definition) is 2. The summed E-state index contributed by atoms with van der Waals surface area (Å²) in [6.07, 6.45) is -3.64. The van der Waals surface area contributed by atoms with Gasteiger partial charge in [-0.15, -0.1) is 0 Å². The van der Waals surface area contributed by atoms with Crippen LogP contribution >= 0.6 is 0 Å². The number of sulfone groups is 1. The number of rotatable bonds is 10. The normalized spacial score (nSPS) is 20.7. The third-order valence-electron chi connectivity index (χ3n) is 4.69. The van der Waals surface area contributed by atoms with Crippen LogP contribution in [-0.4, -0.2) is 82.7 Å². The molecule has 0 spiro atoms. The quantitative estimate of drug-likeness (QED) is 0.155. The second-order valence-corrected chi connectivity index (χ2v) is 10.2. The molecule has 1 heterocycles. The molecule has 4 atom stereocenters. The van der Waals surface area contributed by atoms with E-state index in [1.165, 1.54) is 24.6 Å². The monoisotopic (exact) mass is 604 g/mol. The summed E-state index contributed by atoms with van der Waals surface area (Å²) in [5.41, 5.74) is 6.63. The van der Waals surface area contributed by atoms with Crippen LogP contribution in [0.1, 0.15) is 19.4 Å². The molecule has 1 aromatic rings. The molecule has 0 bridgehead atoms. The van der Waals surface area contributed by atoms with Crippen LogP contribution in [0.3, 0.4) is 0 Å². The van der Waals surface area contributed by atoms with Gasteiger partial charge < -0.3 is 39.5 Å². The Balaban J connectivity index is 0.00000722. The number of nitrogen functional groups attached to an aromatic ring is 1. The van der Waals surface area contributed by atoms with E-state index in [1.807, 2.05) is 0 Å². The number of ether oxygens (including phenoxy) is 6. The topological polar surface area (TPSA) is 196 Å². The molecule has 1 aromatic carbocycles. The van der Waals surface area contributed by atoms with E-state index < -0.39 is 58.4 Å². The zero-order valence-corrected chi connectivity index (χ0v) is 22.8. The standard InChI is InChI=1S/C22H29N2O12S.Co/c1-12(25)33-17-10-18(34-13(2)26)21(36-19(17)20(27)31-3)35-16-6-5-14(9-15(16)23)11-32-22(28)24-7-8-37(4,29)30;/h5-6,9-10,17-19,21H,7-8,11,23H2,1-4H3,(H,24,28);/q-1;/t17-,18?,19?,21+;/m0./s1. The molecule has 1 saturated heterocycles. The van der Waals surface area contributed by atoms with Crippen LogP contribution in [0.25, 0.3) is 0 Å². The molecule has 1 aliphatic heterocycles. The summed E-state index contributed by atoms with van der Waals surface area (Å²) in [4.78, 5) is 47.0. The van der Waals surface area contributed by atoms with Crippen LogP contribution < -0.4 is 15.8 Å². The molecule has 3 N–H and O–H groups in total. The number of esters is 3. The second-order valence-electron chi connectivity index (χ2n) is 7.91. The van der Waals surface area contributed by atoms with Crippen LogP contribution in [0.4, 0.5) is 10.5 Å². The summed E-state index contributed by atoms with van der Waals surface area (Å²) in [5.74, 6) is -2.38. The van der Waals surface area contributed by atoms with E-state index in [4.69, 9.17) is 34.2 Å². The number of alkyl carbamates (subject to hydrolysis) is 1. The van der Waals surface area contributed by atoms with Gasteiger partial charge in [-0.3, -0.25) is 9.59 Å². The Kier molecular flexibility index (Phi) is 12.8. The van der Waals surface area contributed by atoms with E-state index >= 15 is 0 Å². The van der Waals surface area contributed by atoms with Crippen molar-refractivity contribution in [2.45, 2.75) is 45.1 Å². The summed E-state index contributed by atoms with van der Waals surface area (Å²) in [7, 11) is -2.11. The average molecular weight is 604 g/mol. The third-order valence-corrected chi connectivity index (χ3v) is 5.64. The molecular weight excluding hydrogens is 575 g/mol. The van der Waals surface area contributed by atoms with Crippen molar-refractivity contribution in [3.8, 4) is 5.75 Å². The Morgan fingerprint density at radius 2 is 1.74 bits per heavy atom. The van der Waals surface area contributed by atoms with Gasteiger partial charge >= 0.3 is 12.1 Å². The molecule has 16 heteroatoms. The minimum atomic E-state index is -3.23. The molecule has 215 valence electrons. The minimum Gasteiger partial charge on any atom is -0.492 e. The van der Waals surface area contributed by atoms with Crippen molar-refractivity contribution in [2.24, 2.45) is 0 Å². The number of nitrogens with two attached hydrogens (primary N) is 1. The number of carbonyl (C=O) groups excluding carboxylic acids is 4. The van der Waals surface area contributed by atoms with Gasteiger partial charge in [0.25, 0.3) is 11.9 Å². The first kappa shape index (κ1) is 32.9. The Hall–Kier alpha value is -3.08. The van der Waals surface area contributed by atoms with Gasteiger partial charge in [0.15, 0.2) is 6.10 Å². The maximum absolute atomic E-state index is 12.2. The van der Waals surface area contributed by atoms with Crippen LogP contribution in [0, 0.1) is 6.42 Å². The van der Waals surface area contributed by atoms with Crippen molar-refractivity contribution in [3.05, 3.63) is 30.2 Å². The fourth-order valence-electron chi connectivity index (χ4n) is 3.12. The number of carbonyl (C=O) groups is 4. The van der Waals surface area contributed by atoms with E-state index in [-0.39, 0.29) is 47.1 Å². The van der Waals surface area contributed by atoms with Gasteiger partial charge in [-0.1, -0.05) is 6.07 Å². The maximum Gasteiger partial charge on any atom is 0.407 e. The van der Waals surface area contributed by atoms with E-state index in [1.54, 1.807) is 0 Å². The number of methoxy groups -OCH3 is 1. The summed E-state index contributed by atoms with van der Waals surface area (Å²) >= 11 is 0. The summed E-state index contributed by atoms with van der Waals surface area (Å²) in [6.45, 7) is 2.02. The van der Waals surface area contributed by atoms with Gasteiger partial charge in [0, 0.05) is 55.6 Å². The first-order valence-corrected chi connectivity index (χ1v) is 12.9. The fourth-order valence-corrected chi connectivity index (χ4v) is 3.59. The molecule has 14 nitrogen and oxygen atoms in total. The molecule has 38 heavy (non-hydrogen) atoms. The van der Waals surface area contributed by atoms with Gasteiger partial charge in [-0.25, -0.2) is 24.4 Å². The van der Waals surface area contributed by atoms with Crippen molar-refractivity contribution in [1.82, 2.24) is 5.32 Å². The summed E-state index contributed by atoms with van der Waals surface area (Å²) < 4.78 is 53.6. The zero-order valence-electron chi connectivity index (χ0n) is 21.0. The number of hydrogen-bond acceptors (Lipinski definition) is 13. The number of benzene rings is 1. The Morgan fingerprint density at radius 1 is 1.11 bits per heavy atom. The maximum atomic E-state index is 12.2. The second kappa shape index (κ2) is 14.7. The van der Waals surface area contributed by atoms with Crippen LogP contribution in [0.5, 0.6) is 5.75 Å². The van der Waals surface area contributed by atoms with E-state index in [9.17, 15) is 27.6 Å². The van der Waals surface area contributed by atoms with Gasteiger partial charge in [-0.2, -0.15) is 0 Å². The molecule has 1 fully saturated rings. The largest absolute Gasteiger partial charge is 0.492 e. The molecule has 2 rings (SSSR count). The van der Waals surface area contributed by atoms with Crippen molar-refractivity contribution in [2.75, 3.05) is 31.4 Å². The van der Waals surface area contributed by atoms with Crippen molar-refractivity contribution in [3.63, 3.8) is 0 Å². The predicted molar refractivity (Wildman–Crippen MR) is 125 cm³/mol. The molecule has 2 unspecified atom stereocenters. The molecule has 0 aliphatic carbocycles. The number of nitrogens with one attached hydrogen (secondary N) is 1. The zero-order chi connectivity index (χ0) is 27.8. The molecule has 1 amide bonds. The first-order chi connectivity index (χ1) is 17.3. The van der Waals surface area contributed by atoms with E-state index in [0.717, 1.165) is 27.2 Å². The van der Waals surface area contributed by atoms with Gasteiger partial charge in [0.05, 0.1) is 18.6 Å². The average Bonchev–Trinajstić information content (AvgIpc) is 2.78. The smallest absolute Gasteiger partial charge is 0.407 e. The van der Waals surface area contributed by atoms with Crippen LogP contribution in [-0.2, 0) is 71.3 Å². The molecule has 0 saturated carbocycles. The van der Waals surface area contributed by atoms with Gasteiger partial charge in [-0.05, 0) is 17.7 Å².